The van der Waals surface area contributed by atoms with Crippen LogP contribution in [0.5, 0.6) is 0 Å². The minimum absolute atomic E-state index is 0.446. The van der Waals surface area contributed by atoms with Crippen LogP contribution in [0.2, 0.25) is 0 Å². The number of rotatable bonds is 3. The second-order valence-corrected chi connectivity index (χ2v) is 4.54. The number of aryl methyl sites for hydroxylation is 2. The average Bonchev–Trinajstić information content (AvgIpc) is 2.39. The van der Waals surface area contributed by atoms with Crippen molar-refractivity contribution in [3.05, 3.63) is 5.69 Å². The zero-order chi connectivity index (χ0) is 11.7. The molecule has 4 heteroatoms. The lowest BCUT2D eigenvalue weighted by atomic mass is 10.1. The van der Waals surface area contributed by atoms with Crippen LogP contribution >= 0.6 is 0 Å². The summed E-state index contributed by atoms with van der Waals surface area (Å²) in [4.78, 5) is 2.19. The fourth-order valence-electron chi connectivity index (χ4n) is 1.72. The minimum Gasteiger partial charge on any atom is -0.394 e. The lowest BCUT2D eigenvalue weighted by molar-refractivity contribution is 0.497. The van der Waals surface area contributed by atoms with Crippen LogP contribution in [0.25, 0.3) is 0 Å². The van der Waals surface area contributed by atoms with Gasteiger partial charge in [0, 0.05) is 20.1 Å². The highest BCUT2D eigenvalue weighted by atomic mass is 15.4. The first kappa shape index (κ1) is 11.9. The lowest BCUT2D eigenvalue weighted by Crippen LogP contribution is -2.34. The van der Waals surface area contributed by atoms with Gasteiger partial charge in [0.25, 0.3) is 0 Å². The normalized spacial score (nSPS) is 13.3. The van der Waals surface area contributed by atoms with E-state index < -0.39 is 0 Å². The molecule has 0 saturated heterocycles. The Morgan fingerprint density at radius 2 is 1.87 bits per heavy atom. The Hall–Kier alpha value is -1.19. The van der Waals surface area contributed by atoms with Gasteiger partial charge >= 0.3 is 0 Å². The molecule has 2 N–H and O–H groups in total. The molecule has 1 unspecified atom stereocenters. The highest BCUT2D eigenvalue weighted by molar-refractivity contribution is 5.66. The van der Waals surface area contributed by atoms with Gasteiger partial charge in [-0.15, -0.1) is 0 Å². The van der Waals surface area contributed by atoms with E-state index in [1.165, 1.54) is 0 Å². The molecule has 1 rings (SSSR count). The summed E-state index contributed by atoms with van der Waals surface area (Å²) in [5, 5.41) is 4.32. The summed E-state index contributed by atoms with van der Waals surface area (Å²) >= 11 is 0. The third-order valence-corrected chi connectivity index (χ3v) is 3.15. The van der Waals surface area contributed by atoms with E-state index in [0.29, 0.717) is 12.0 Å². The number of hydrogen-bond donors (Lipinski definition) is 1. The van der Waals surface area contributed by atoms with Crippen molar-refractivity contribution in [3.8, 4) is 0 Å². The van der Waals surface area contributed by atoms with Crippen LogP contribution in [0.15, 0.2) is 0 Å². The van der Waals surface area contributed by atoms with Gasteiger partial charge in [0.1, 0.15) is 5.82 Å². The van der Waals surface area contributed by atoms with Crippen LogP contribution < -0.4 is 10.6 Å². The standard InChI is InChI=1S/C11H22N4/c1-7(2)9(4)14(5)11-10(12)8(3)13-15(11)6/h7,9H,12H2,1-6H3. The molecule has 0 amide bonds. The predicted octanol–water partition coefficient (Wildman–Crippen LogP) is 1.79. The molecular formula is C11H22N4. The molecule has 0 aliphatic heterocycles. The van der Waals surface area contributed by atoms with Gasteiger partial charge in [-0.2, -0.15) is 5.10 Å². The third kappa shape index (κ3) is 2.08. The summed E-state index contributed by atoms with van der Waals surface area (Å²) in [6.07, 6.45) is 0. The van der Waals surface area contributed by atoms with E-state index in [2.05, 4.69) is 37.8 Å². The van der Waals surface area contributed by atoms with E-state index >= 15 is 0 Å². The summed E-state index contributed by atoms with van der Waals surface area (Å²) in [5.74, 6) is 1.60. The fraction of sp³-hybridized carbons (Fsp3) is 0.727. The Labute approximate surface area is 92.1 Å². The molecule has 1 heterocycles. The predicted molar refractivity (Wildman–Crippen MR) is 65.1 cm³/mol. The molecule has 1 aromatic heterocycles. The molecule has 1 atom stereocenters. The van der Waals surface area contributed by atoms with Crippen molar-refractivity contribution in [3.63, 3.8) is 0 Å². The molecule has 0 spiro atoms. The molecule has 4 nitrogen and oxygen atoms in total. The maximum atomic E-state index is 6.02. The number of nitrogen functional groups attached to an aromatic ring is 1. The van der Waals surface area contributed by atoms with Gasteiger partial charge in [-0.05, 0) is 19.8 Å². The van der Waals surface area contributed by atoms with Crippen molar-refractivity contribution in [2.75, 3.05) is 17.7 Å². The molecule has 15 heavy (non-hydrogen) atoms. The van der Waals surface area contributed by atoms with Crippen LogP contribution in [0.1, 0.15) is 26.5 Å². The number of nitrogens with zero attached hydrogens (tertiary/aromatic N) is 3. The van der Waals surface area contributed by atoms with Gasteiger partial charge in [0.2, 0.25) is 0 Å². The van der Waals surface area contributed by atoms with Crippen molar-refractivity contribution < 1.29 is 0 Å². The second-order valence-electron chi connectivity index (χ2n) is 4.54. The second kappa shape index (κ2) is 4.13. The van der Waals surface area contributed by atoms with Crippen molar-refractivity contribution in [1.29, 1.82) is 0 Å². The zero-order valence-corrected chi connectivity index (χ0v) is 10.6. The minimum atomic E-state index is 0.446. The average molecular weight is 210 g/mol. The first-order valence-corrected chi connectivity index (χ1v) is 5.38. The SMILES string of the molecule is Cc1nn(C)c(N(C)C(C)C(C)C)c1N. The van der Waals surface area contributed by atoms with Crippen LogP contribution in [0.3, 0.4) is 0 Å². The van der Waals surface area contributed by atoms with Crippen LogP contribution in [0.4, 0.5) is 11.5 Å². The highest BCUT2D eigenvalue weighted by Gasteiger charge is 2.20. The molecule has 86 valence electrons. The van der Waals surface area contributed by atoms with Gasteiger partial charge in [0.15, 0.2) is 0 Å². The third-order valence-electron chi connectivity index (χ3n) is 3.15. The summed E-state index contributed by atoms with van der Waals surface area (Å²) in [6.45, 7) is 8.56. The summed E-state index contributed by atoms with van der Waals surface area (Å²) in [7, 11) is 4.00. The maximum Gasteiger partial charge on any atom is 0.150 e. The highest BCUT2D eigenvalue weighted by Crippen LogP contribution is 2.27. The van der Waals surface area contributed by atoms with Crippen molar-refractivity contribution in [1.82, 2.24) is 9.78 Å². The van der Waals surface area contributed by atoms with E-state index in [9.17, 15) is 0 Å². The Kier molecular flexibility index (Phi) is 3.27. The van der Waals surface area contributed by atoms with Crippen molar-refractivity contribution >= 4 is 11.5 Å². The van der Waals surface area contributed by atoms with Crippen LogP contribution in [-0.4, -0.2) is 22.9 Å². The number of nitrogens with two attached hydrogens (primary N) is 1. The quantitative estimate of drug-likeness (QED) is 0.827. The van der Waals surface area contributed by atoms with E-state index in [1.54, 1.807) is 0 Å². The Morgan fingerprint density at radius 1 is 1.33 bits per heavy atom. The van der Waals surface area contributed by atoms with E-state index in [-0.39, 0.29) is 0 Å². The van der Waals surface area contributed by atoms with E-state index in [1.807, 2.05) is 18.7 Å². The first-order chi connectivity index (χ1) is 6.86. The number of aromatic nitrogens is 2. The Balaban J connectivity index is 3.05. The summed E-state index contributed by atoms with van der Waals surface area (Å²) < 4.78 is 1.85. The smallest absolute Gasteiger partial charge is 0.150 e. The molecule has 0 saturated carbocycles. The van der Waals surface area contributed by atoms with Gasteiger partial charge in [0.05, 0.1) is 11.4 Å². The molecule has 0 aliphatic carbocycles. The first-order valence-electron chi connectivity index (χ1n) is 5.38. The fourth-order valence-corrected chi connectivity index (χ4v) is 1.72. The topological polar surface area (TPSA) is 47.1 Å². The van der Waals surface area contributed by atoms with E-state index in [4.69, 9.17) is 5.73 Å². The number of anilines is 2. The molecule has 0 fully saturated rings. The molecule has 0 bridgehead atoms. The Morgan fingerprint density at radius 3 is 2.20 bits per heavy atom. The van der Waals surface area contributed by atoms with Gasteiger partial charge in [-0.1, -0.05) is 13.8 Å². The van der Waals surface area contributed by atoms with Crippen molar-refractivity contribution in [2.45, 2.75) is 33.7 Å². The number of hydrogen-bond acceptors (Lipinski definition) is 3. The molecular weight excluding hydrogens is 188 g/mol. The van der Waals surface area contributed by atoms with Gasteiger partial charge in [-0.25, -0.2) is 0 Å². The molecule has 0 radical (unpaired) electrons. The van der Waals surface area contributed by atoms with Crippen molar-refractivity contribution in [2.24, 2.45) is 13.0 Å². The van der Waals surface area contributed by atoms with Crippen LogP contribution in [0, 0.1) is 12.8 Å². The van der Waals surface area contributed by atoms with E-state index in [0.717, 1.165) is 17.2 Å². The monoisotopic (exact) mass is 210 g/mol. The largest absolute Gasteiger partial charge is 0.394 e. The van der Waals surface area contributed by atoms with Gasteiger partial charge in [-0.3, -0.25) is 4.68 Å². The lowest BCUT2D eigenvalue weighted by Gasteiger charge is -2.30. The summed E-state index contributed by atoms with van der Waals surface area (Å²) in [6, 6.07) is 0.446. The van der Waals surface area contributed by atoms with Gasteiger partial charge < -0.3 is 10.6 Å². The maximum absolute atomic E-state index is 6.02. The zero-order valence-electron chi connectivity index (χ0n) is 10.6. The summed E-state index contributed by atoms with van der Waals surface area (Å²) in [5.41, 5.74) is 7.70. The Bertz CT molecular complexity index is 341. The molecule has 0 aromatic carbocycles. The molecule has 1 aromatic rings. The molecule has 0 aliphatic rings. The van der Waals surface area contributed by atoms with Crippen LogP contribution in [-0.2, 0) is 7.05 Å².